The molecule has 0 radical (unpaired) electrons. The molecule has 3 heteroatoms. The molecular weight excluding hydrogens is 90.1 g/mol. The van der Waals surface area contributed by atoms with Crippen molar-refractivity contribution in [2.24, 2.45) is 16.5 Å². The Labute approximate surface area is 43.4 Å². The molecule has 0 atom stereocenters. The summed E-state index contributed by atoms with van der Waals surface area (Å²) in [6.45, 7) is 1.81. The fourth-order valence-corrected chi connectivity index (χ4v) is 0.240. The number of nitrogens with zero attached hydrogens (tertiary/aromatic N) is 1. The molecule has 4 N–H and O–H groups in total. The van der Waals surface area contributed by atoms with Crippen molar-refractivity contribution in [3.8, 4) is 0 Å². The molecule has 0 spiro atoms. The fourth-order valence-electron chi connectivity index (χ4n) is 0.240. The molecule has 0 unspecified atom stereocenters. The molecule has 0 heterocycles. The highest BCUT2D eigenvalue weighted by atomic mass is 14.8. The SMILES string of the molecule is NC/C=N/CCN. The van der Waals surface area contributed by atoms with Gasteiger partial charge in [-0.15, -0.1) is 0 Å². The number of hydrogen-bond acceptors (Lipinski definition) is 3. The molecule has 0 saturated carbocycles. The predicted octanol–water partition coefficient (Wildman–Crippen LogP) is -1.03. The van der Waals surface area contributed by atoms with Crippen molar-refractivity contribution in [3.63, 3.8) is 0 Å². The lowest BCUT2D eigenvalue weighted by Gasteiger charge is -1.81. The van der Waals surface area contributed by atoms with Gasteiger partial charge in [0.15, 0.2) is 0 Å². The Balaban J connectivity index is 2.78. The van der Waals surface area contributed by atoms with Crippen LogP contribution in [0.15, 0.2) is 4.99 Å². The third kappa shape index (κ3) is 5.59. The Bertz CT molecular complexity index is 50.9. The first-order valence-corrected chi connectivity index (χ1v) is 2.30. The summed E-state index contributed by atoms with van der Waals surface area (Å²) in [7, 11) is 0. The van der Waals surface area contributed by atoms with E-state index in [1.807, 2.05) is 0 Å². The van der Waals surface area contributed by atoms with Crippen LogP contribution < -0.4 is 11.5 Å². The van der Waals surface area contributed by atoms with Crippen molar-refractivity contribution in [1.29, 1.82) is 0 Å². The maximum atomic E-state index is 5.11. The van der Waals surface area contributed by atoms with Gasteiger partial charge in [0.1, 0.15) is 0 Å². The lowest BCUT2D eigenvalue weighted by atomic mass is 10.6. The van der Waals surface area contributed by atoms with E-state index in [0.29, 0.717) is 19.6 Å². The highest BCUT2D eigenvalue weighted by molar-refractivity contribution is 5.59. The Hall–Kier alpha value is -0.410. The monoisotopic (exact) mass is 101 g/mol. The summed E-state index contributed by atoms with van der Waals surface area (Å²) in [5, 5.41) is 0. The van der Waals surface area contributed by atoms with E-state index in [0.717, 1.165) is 0 Å². The minimum absolute atomic E-state index is 0.514. The molecule has 7 heavy (non-hydrogen) atoms. The van der Waals surface area contributed by atoms with E-state index >= 15 is 0 Å². The topological polar surface area (TPSA) is 64.4 Å². The largest absolute Gasteiger partial charge is 0.329 e. The second-order valence-electron chi connectivity index (χ2n) is 1.11. The van der Waals surface area contributed by atoms with Gasteiger partial charge in [-0.25, -0.2) is 0 Å². The third-order valence-electron chi connectivity index (χ3n) is 0.493. The van der Waals surface area contributed by atoms with E-state index in [-0.39, 0.29) is 0 Å². The zero-order valence-electron chi connectivity index (χ0n) is 4.30. The third-order valence-corrected chi connectivity index (χ3v) is 0.493. The van der Waals surface area contributed by atoms with Gasteiger partial charge < -0.3 is 11.5 Å². The molecule has 0 aliphatic rings. The highest BCUT2D eigenvalue weighted by Crippen LogP contribution is 1.58. The minimum atomic E-state index is 0.514. The molecule has 0 bridgehead atoms. The van der Waals surface area contributed by atoms with E-state index in [1.54, 1.807) is 6.21 Å². The number of aliphatic imine (C=N–C) groups is 1. The maximum absolute atomic E-state index is 5.11. The first-order valence-electron chi connectivity index (χ1n) is 2.30. The van der Waals surface area contributed by atoms with Crippen LogP contribution in [-0.2, 0) is 0 Å². The number of nitrogens with two attached hydrogens (primary N) is 2. The average molecular weight is 101 g/mol. The molecule has 3 nitrogen and oxygen atoms in total. The molecule has 42 valence electrons. The first kappa shape index (κ1) is 6.59. The van der Waals surface area contributed by atoms with Crippen LogP contribution >= 0.6 is 0 Å². The second kappa shape index (κ2) is 5.59. The van der Waals surface area contributed by atoms with Crippen molar-refractivity contribution in [2.45, 2.75) is 0 Å². The summed E-state index contributed by atoms with van der Waals surface area (Å²) in [5.74, 6) is 0. The van der Waals surface area contributed by atoms with Crippen molar-refractivity contribution in [3.05, 3.63) is 0 Å². The summed E-state index contributed by atoms with van der Waals surface area (Å²) < 4.78 is 0. The Morgan fingerprint density at radius 1 is 1.43 bits per heavy atom. The predicted molar refractivity (Wildman–Crippen MR) is 31.5 cm³/mol. The molecular formula is C4H11N3. The summed E-state index contributed by atoms with van der Waals surface area (Å²) >= 11 is 0. The van der Waals surface area contributed by atoms with Crippen molar-refractivity contribution >= 4 is 6.21 Å². The van der Waals surface area contributed by atoms with Gasteiger partial charge in [0, 0.05) is 19.3 Å². The Kier molecular flexibility index (Phi) is 5.26. The lowest BCUT2D eigenvalue weighted by Crippen LogP contribution is -2.05. The van der Waals surface area contributed by atoms with Crippen LogP contribution in [0.4, 0.5) is 0 Å². The Morgan fingerprint density at radius 2 is 2.14 bits per heavy atom. The van der Waals surface area contributed by atoms with Crippen molar-refractivity contribution < 1.29 is 0 Å². The van der Waals surface area contributed by atoms with Crippen LogP contribution in [0, 0.1) is 0 Å². The van der Waals surface area contributed by atoms with Gasteiger partial charge >= 0.3 is 0 Å². The van der Waals surface area contributed by atoms with E-state index in [4.69, 9.17) is 11.5 Å². The molecule has 0 rings (SSSR count). The maximum Gasteiger partial charge on any atom is 0.0508 e. The van der Waals surface area contributed by atoms with Crippen LogP contribution in [0.1, 0.15) is 0 Å². The molecule has 0 saturated heterocycles. The van der Waals surface area contributed by atoms with Crippen LogP contribution in [0.25, 0.3) is 0 Å². The van der Waals surface area contributed by atoms with Gasteiger partial charge in [0.25, 0.3) is 0 Å². The summed E-state index contributed by atoms with van der Waals surface area (Å²) in [5.41, 5.74) is 10.2. The lowest BCUT2D eigenvalue weighted by molar-refractivity contribution is 0.976. The van der Waals surface area contributed by atoms with Gasteiger partial charge in [0.05, 0.1) is 6.54 Å². The van der Waals surface area contributed by atoms with Gasteiger partial charge in [-0.2, -0.15) is 0 Å². The van der Waals surface area contributed by atoms with Gasteiger partial charge in [0.2, 0.25) is 0 Å². The van der Waals surface area contributed by atoms with E-state index in [1.165, 1.54) is 0 Å². The van der Waals surface area contributed by atoms with Crippen LogP contribution in [0.3, 0.4) is 0 Å². The highest BCUT2D eigenvalue weighted by Gasteiger charge is 1.67. The van der Waals surface area contributed by atoms with Gasteiger partial charge in [-0.3, -0.25) is 4.99 Å². The van der Waals surface area contributed by atoms with Crippen molar-refractivity contribution in [1.82, 2.24) is 0 Å². The molecule has 0 amide bonds. The fraction of sp³-hybridized carbons (Fsp3) is 0.750. The first-order chi connectivity index (χ1) is 3.41. The standard InChI is InChI=1S/C4H11N3/c5-1-3-7-4-2-6/h3H,1-2,4-6H2/b7-3+. The number of hydrogen-bond donors (Lipinski definition) is 2. The van der Waals surface area contributed by atoms with Crippen LogP contribution in [-0.4, -0.2) is 25.8 Å². The Morgan fingerprint density at radius 3 is 2.57 bits per heavy atom. The van der Waals surface area contributed by atoms with Crippen molar-refractivity contribution in [2.75, 3.05) is 19.6 Å². The number of rotatable bonds is 3. The van der Waals surface area contributed by atoms with Gasteiger partial charge in [-0.1, -0.05) is 0 Å². The molecule has 0 aromatic carbocycles. The zero-order chi connectivity index (χ0) is 5.54. The van der Waals surface area contributed by atoms with Gasteiger partial charge in [-0.05, 0) is 0 Å². The molecule has 0 aliphatic carbocycles. The molecule has 0 aromatic heterocycles. The smallest absolute Gasteiger partial charge is 0.0508 e. The summed E-state index contributed by atoms with van der Waals surface area (Å²) in [6, 6.07) is 0. The summed E-state index contributed by atoms with van der Waals surface area (Å²) in [6.07, 6.45) is 1.66. The van der Waals surface area contributed by atoms with E-state index in [9.17, 15) is 0 Å². The molecule has 0 aromatic rings. The second-order valence-corrected chi connectivity index (χ2v) is 1.11. The molecule has 0 aliphatic heterocycles. The van der Waals surface area contributed by atoms with Crippen LogP contribution in [0.5, 0.6) is 0 Å². The normalized spacial score (nSPS) is 10.6. The van der Waals surface area contributed by atoms with E-state index < -0.39 is 0 Å². The van der Waals surface area contributed by atoms with E-state index in [2.05, 4.69) is 4.99 Å². The summed E-state index contributed by atoms with van der Waals surface area (Å²) in [4.78, 5) is 3.83. The minimum Gasteiger partial charge on any atom is -0.329 e. The van der Waals surface area contributed by atoms with Crippen LogP contribution in [0.2, 0.25) is 0 Å². The quantitative estimate of drug-likeness (QED) is 0.447. The average Bonchev–Trinajstić information content (AvgIpc) is 1.69. The molecule has 0 fully saturated rings. The zero-order valence-corrected chi connectivity index (χ0v) is 4.30.